The second-order valence-electron chi connectivity index (χ2n) is 4.74. The zero-order valence-corrected chi connectivity index (χ0v) is 12.5. The Bertz CT molecular complexity index is 761. The number of benzene rings is 1. The molecule has 2 amide bonds. The summed E-state index contributed by atoms with van der Waals surface area (Å²) in [4.78, 5) is 15.7. The first-order valence-corrected chi connectivity index (χ1v) is 6.75. The summed E-state index contributed by atoms with van der Waals surface area (Å²) in [5.41, 5.74) is 2.55. The molecule has 0 radical (unpaired) electrons. The molecular formula is C15H14F2N4O3. The van der Waals surface area contributed by atoms with Crippen molar-refractivity contribution in [2.75, 3.05) is 5.32 Å². The highest BCUT2D eigenvalue weighted by Crippen LogP contribution is 2.14. The van der Waals surface area contributed by atoms with Gasteiger partial charge in [-0.25, -0.2) is 19.0 Å². The Morgan fingerprint density at radius 3 is 2.54 bits per heavy atom. The molecule has 0 aliphatic heterocycles. The molecule has 2 rings (SSSR count). The fourth-order valence-electron chi connectivity index (χ4n) is 1.90. The number of carbonyl (C=O) groups excluding carboxylic acids is 1. The van der Waals surface area contributed by atoms with Crippen LogP contribution in [0.25, 0.3) is 0 Å². The molecular weight excluding hydrogens is 322 g/mol. The molecule has 0 saturated heterocycles. The van der Waals surface area contributed by atoms with Gasteiger partial charge >= 0.3 is 6.03 Å². The van der Waals surface area contributed by atoms with Gasteiger partial charge in [0.1, 0.15) is 11.6 Å². The molecule has 0 spiro atoms. The molecule has 24 heavy (non-hydrogen) atoms. The standard InChI is InChI=1S/C15H14F2N4O3/c1-8(13-12(14(22)23)3-2-4-18-13)20-21-15(24)19-11-6-9(16)5-10(17)7-11/h2-7,14,22-23H,1H3,(H2,19,21,24)/b20-8-. The van der Waals surface area contributed by atoms with Crippen LogP contribution in [0, 0.1) is 11.6 Å². The summed E-state index contributed by atoms with van der Waals surface area (Å²) in [5.74, 6) is -1.67. The number of aliphatic hydroxyl groups excluding tert-OH is 1. The van der Waals surface area contributed by atoms with Crippen LogP contribution in [0.2, 0.25) is 0 Å². The van der Waals surface area contributed by atoms with Gasteiger partial charge in [-0.2, -0.15) is 5.10 Å². The quantitative estimate of drug-likeness (QED) is 0.388. The zero-order chi connectivity index (χ0) is 17.7. The van der Waals surface area contributed by atoms with Crippen LogP contribution in [0.3, 0.4) is 0 Å². The van der Waals surface area contributed by atoms with E-state index in [1.165, 1.54) is 25.3 Å². The summed E-state index contributed by atoms with van der Waals surface area (Å²) in [7, 11) is 0. The van der Waals surface area contributed by atoms with E-state index < -0.39 is 24.0 Å². The minimum absolute atomic E-state index is 0.0813. The highest BCUT2D eigenvalue weighted by molar-refractivity contribution is 5.99. The maximum Gasteiger partial charge on any atom is 0.339 e. The molecule has 1 aromatic heterocycles. The van der Waals surface area contributed by atoms with Crippen molar-refractivity contribution in [3.05, 3.63) is 59.4 Å². The normalized spacial score (nSPS) is 11.5. The SMILES string of the molecule is C/C(=N/NC(=O)Nc1cc(F)cc(F)c1)c1ncccc1C(O)O. The van der Waals surface area contributed by atoms with Gasteiger partial charge in [-0.05, 0) is 25.1 Å². The first-order valence-electron chi connectivity index (χ1n) is 6.75. The third kappa shape index (κ3) is 4.54. The Balaban J connectivity index is 2.08. The first-order chi connectivity index (χ1) is 11.4. The second kappa shape index (κ2) is 7.57. The Labute approximate surface area is 135 Å². The van der Waals surface area contributed by atoms with E-state index in [1.807, 2.05) is 0 Å². The number of aromatic nitrogens is 1. The van der Waals surface area contributed by atoms with Gasteiger partial charge < -0.3 is 15.5 Å². The molecule has 0 aliphatic carbocycles. The lowest BCUT2D eigenvalue weighted by Gasteiger charge is -2.10. The Morgan fingerprint density at radius 1 is 1.25 bits per heavy atom. The summed E-state index contributed by atoms with van der Waals surface area (Å²) in [6.07, 6.45) is -0.321. The molecule has 0 unspecified atom stereocenters. The summed E-state index contributed by atoms with van der Waals surface area (Å²) in [5, 5.41) is 24.5. The van der Waals surface area contributed by atoms with Crippen LogP contribution >= 0.6 is 0 Å². The number of nitrogens with zero attached hydrogens (tertiary/aromatic N) is 2. The molecule has 0 atom stereocenters. The number of anilines is 1. The van der Waals surface area contributed by atoms with Gasteiger partial charge in [0, 0.05) is 23.5 Å². The molecule has 0 bridgehead atoms. The first kappa shape index (κ1) is 17.4. The minimum atomic E-state index is -1.75. The van der Waals surface area contributed by atoms with Crippen LogP contribution in [-0.2, 0) is 0 Å². The predicted octanol–water partition coefficient (Wildman–Crippen LogP) is 1.89. The van der Waals surface area contributed by atoms with Crippen molar-refractivity contribution >= 4 is 17.4 Å². The Morgan fingerprint density at radius 2 is 1.92 bits per heavy atom. The van der Waals surface area contributed by atoms with E-state index >= 15 is 0 Å². The van der Waals surface area contributed by atoms with Crippen molar-refractivity contribution in [3.63, 3.8) is 0 Å². The number of pyridine rings is 1. The molecule has 0 saturated carbocycles. The maximum atomic E-state index is 13.0. The van der Waals surface area contributed by atoms with Crippen molar-refractivity contribution in [1.29, 1.82) is 0 Å². The van der Waals surface area contributed by atoms with Crippen molar-refractivity contribution in [2.24, 2.45) is 5.10 Å². The van der Waals surface area contributed by atoms with Gasteiger partial charge in [0.05, 0.1) is 11.4 Å². The van der Waals surface area contributed by atoms with Crippen LogP contribution in [-0.4, -0.2) is 26.9 Å². The number of rotatable bonds is 4. The van der Waals surface area contributed by atoms with E-state index in [1.54, 1.807) is 0 Å². The Kier molecular flexibility index (Phi) is 5.51. The van der Waals surface area contributed by atoms with Crippen LogP contribution in [0.15, 0.2) is 41.6 Å². The fourth-order valence-corrected chi connectivity index (χ4v) is 1.90. The van der Waals surface area contributed by atoms with Crippen molar-refractivity contribution < 1.29 is 23.8 Å². The maximum absolute atomic E-state index is 13.0. The summed E-state index contributed by atoms with van der Waals surface area (Å²) >= 11 is 0. The summed E-state index contributed by atoms with van der Waals surface area (Å²) < 4.78 is 26.1. The van der Waals surface area contributed by atoms with Crippen LogP contribution in [0.1, 0.15) is 24.5 Å². The second-order valence-corrected chi connectivity index (χ2v) is 4.74. The van der Waals surface area contributed by atoms with E-state index in [4.69, 9.17) is 0 Å². The summed E-state index contributed by atoms with van der Waals surface area (Å²) in [6, 6.07) is 4.69. The lowest BCUT2D eigenvalue weighted by atomic mass is 10.1. The van der Waals surface area contributed by atoms with Gasteiger partial charge in [0.25, 0.3) is 0 Å². The van der Waals surface area contributed by atoms with Crippen molar-refractivity contribution in [1.82, 2.24) is 10.4 Å². The van der Waals surface area contributed by atoms with E-state index in [-0.39, 0.29) is 22.7 Å². The Hall–Kier alpha value is -2.91. The van der Waals surface area contributed by atoms with Gasteiger partial charge in [-0.15, -0.1) is 0 Å². The fraction of sp³-hybridized carbons (Fsp3) is 0.133. The number of nitrogens with one attached hydrogen (secondary N) is 2. The van der Waals surface area contributed by atoms with Crippen molar-refractivity contribution in [3.8, 4) is 0 Å². The number of halogens is 2. The molecule has 126 valence electrons. The smallest absolute Gasteiger partial charge is 0.339 e. The zero-order valence-electron chi connectivity index (χ0n) is 12.5. The number of hydrogen-bond donors (Lipinski definition) is 4. The van der Waals surface area contributed by atoms with Gasteiger partial charge in [-0.3, -0.25) is 4.98 Å². The largest absolute Gasteiger partial charge is 0.364 e. The molecule has 9 heteroatoms. The number of carbonyl (C=O) groups is 1. The lowest BCUT2D eigenvalue weighted by Crippen LogP contribution is -2.25. The molecule has 2 aromatic rings. The minimum Gasteiger partial charge on any atom is -0.364 e. The summed E-state index contributed by atoms with van der Waals surface area (Å²) in [6.45, 7) is 1.50. The van der Waals surface area contributed by atoms with E-state index in [9.17, 15) is 23.8 Å². The highest BCUT2D eigenvalue weighted by atomic mass is 19.1. The number of aliphatic hydroxyl groups is 2. The third-order valence-electron chi connectivity index (χ3n) is 2.91. The molecule has 0 fully saturated rings. The lowest BCUT2D eigenvalue weighted by molar-refractivity contribution is -0.0428. The number of urea groups is 1. The van der Waals surface area contributed by atoms with Crippen LogP contribution < -0.4 is 10.7 Å². The molecule has 0 aliphatic rings. The monoisotopic (exact) mass is 336 g/mol. The number of amides is 2. The average molecular weight is 336 g/mol. The van der Waals surface area contributed by atoms with Gasteiger partial charge in [-0.1, -0.05) is 6.07 Å². The van der Waals surface area contributed by atoms with Crippen LogP contribution in [0.4, 0.5) is 19.3 Å². The third-order valence-corrected chi connectivity index (χ3v) is 2.91. The predicted molar refractivity (Wildman–Crippen MR) is 82.1 cm³/mol. The van der Waals surface area contributed by atoms with E-state index in [2.05, 4.69) is 20.8 Å². The van der Waals surface area contributed by atoms with Crippen LogP contribution in [0.5, 0.6) is 0 Å². The molecule has 4 N–H and O–H groups in total. The number of hydrogen-bond acceptors (Lipinski definition) is 5. The highest BCUT2D eigenvalue weighted by Gasteiger charge is 2.13. The molecule has 1 aromatic carbocycles. The molecule has 7 nitrogen and oxygen atoms in total. The van der Waals surface area contributed by atoms with E-state index in [0.717, 1.165) is 12.1 Å². The van der Waals surface area contributed by atoms with Gasteiger partial charge in [0.15, 0.2) is 6.29 Å². The number of hydrazone groups is 1. The van der Waals surface area contributed by atoms with E-state index in [0.29, 0.717) is 6.07 Å². The van der Waals surface area contributed by atoms with Gasteiger partial charge in [0.2, 0.25) is 0 Å². The molecule has 1 heterocycles. The average Bonchev–Trinajstić information content (AvgIpc) is 2.51. The van der Waals surface area contributed by atoms with Crippen molar-refractivity contribution in [2.45, 2.75) is 13.2 Å². The topological polar surface area (TPSA) is 107 Å².